The monoisotopic (exact) mass is 426 g/mol. The standard InChI is InChI=1S/C19H21F3N4O4/c1-29-18-24-15(10-16(25-18)26-9-7-13(11-26)17(27)28)23-8-6-12-2-4-14(5-3-12)30-19(20,21)22/h2-5,10,13H,6-9,11H2,1H3,(H,27,28)(H,23,24,25). The van der Waals surface area contributed by atoms with Crippen LogP contribution in [-0.2, 0) is 11.2 Å². The number of aromatic nitrogens is 2. The van der Waals surface area contributed by atoms with E-state index < -0.39 is 18.2 Å². The van der Waals surface area contributed by atoms with E-state index in [2.05, 4.69) is 20.0 Å². The Labute approximate surface area is 170 Å². The Morgan fingerprint density at radius 2 is 2.03 bits per heavy atom. The van der Waals surface area contributed by atoms with E-state index in [0.29, 0.717) is 44.1 Å². The van der Waals surface area contributed by atoms with Crippen molar-refractivity contribution in [1.29, 1.82) is 0 Å². The van der Waals surface area contributed by atoms with Crippen molar-refractivity contribution >= 4 is 17.6 Å². The summed E-state index contributed by atoms with van der Waals surface area (Å²) in [6.45, 7) is 1.40. The van der Waals surface area contributed by atoms with Gasteiger partial charge in [0.2, 0.25) is 0 Å². The lowest BCUT2D eigenvalue weighted by molar-refractivity contribution is -0.274. The third kappa shape index (κ3) is 5.88. The van der Waals surface area contributed by atoms with Gasteiger partial charge in [-0.15, -0.1) is 13.2 Å². The van der Waals surface area contributed by atoms with Crippen LogP contribution in [0.25, 0.3) is 0 Å². The van der Waals surface area contributed by atoms with Crippen LogP contribution >= 0.6 is 0 Å². The molecule has 0 spiro atoms. The summed E-state index contributed by atoms with van der Waals surface area (Å²) < 4.78 is 45.6. The van der Waals surface area contributed by atoms with Crippen molar-refractivity contribution in [3.63, 3.8) is 0 Å². The molecule has 1 aromatic carbocycles. The first-order chi connectivity index (χ1) is 14.2. The van der Waals surface area contributed by atoms with Crippen molar-refractivity contribution in [1.82, 2.24) is 9.97 Å². The molecule has 30 heavy (non-hydrogen) atoms. The maximum atomic E-state index is 12.2. The fraction of sp³-hybridized carbons (Fsp3) is 0.421. The van der Waals surface area contributed by atoms with Gasteiger partial charge in [-0.25, -0.2) is 0 Å². The number of hydrogen-bond acceptors (Lipinski definition) is 7. The number of halogens is 3. The van der Waals surface area contributed by atoms with Crippen LogP contribution in [0.5, 0.6) is 11.8 Å². The lowest BCUT2D eigenvalue weighted by atomic mass is 10.1. The summed E-state index contributed by atoms with van der Waals surface area (Å²) in [6, 6.07) is 7.52. The van der Waals surface area contributed by atoms with Crippen LogP contribution in [0.2, 0.25) is 0 Å². The van der Waals surface area contributed by atoms with Crippen LogP contribution < -0.4 is 19.7 Å². The van der Waals surface area contributed by atoms with Gasteiger partial charge in [0.15, 0.2) is 0 Å². The maximum absolute atomic E-state index is 12.2. The molecule has 8 nitrogen and oxygen atoms in total. The molecule has 0 radical (unpaired) electrons. The predicted molar refractivity (Wildman–Crippen MR) is 102 cm³/mol. The molecule has 2 aromatic rings. The van der Waals surface area contributed by atoms with Gasteiger partial charge in [-0.1, -0.05) is 12.1 Å². The van der Waals surface area contributed by atoms with Crippen molar-refractivity contribution in [3.8, 4) is 11.8 Å². The van der Waals surface area contributed by atoms with E-state index in [1.165, 1.54) is 19.2 Å². The molecule has 1 saturated heterocycles. The van der Waals surface area contributed by atoms with Gasteiger partial charge < -0.3 is 24.8 Å². The summed E-state index contributed by atoms with van der Waals surface area (Å²) in [4.78, 5) is 21.6. The van der Waals surface area contributed by atoms with Crippen molar-refractivity contribution in [2.75, 3.05) is 37.0 Å². The number of hydrogen-bond donors (Lipinski definition) is 2. The number of aliphatic carboxylic acids is 1. The second kappa shape index (κ2) is 9.06. The number of rotatable bonds is 8. The molecule has 1 atom stereocenters. The van der Waals surface area contributed by atoms with Crippen LogP contribution in [0.15, 0.2) is 30.3 Å². The van der Waals surface area contributed by atoms with Crippen LogP contribution in [0.3, 0.4) is 0 Å². The Kier molecular flexibility index (Phi) is 6.48. The number of methoxy groups -OCH3 is 1. The first kappa shape index (κ1) is 21.5. The fourth-order valence-electron chi connectivity index (χ4n) is 3.12. The van der Waals surface area contributed by atoms with Gasteiger partial charge >= 0.3 is 18.3 Å². The van der Waals surface area contributed by atoms with Crippen LogP contribution in [0.1, 0.15) is 12.0 Å². The third-order valence-electron chi connectivity index (χ3n) is 4.61. The molecule has 1 aromatic heterocycles. The number of alkyl halides is 3. The highest BCUT2D eigenvalue weighted by Gasteiger charge is 2.31. The number of anilines is 2. The highest BCUT2D eigenvalue weighted by Crippen LogP contribution is 2.26. The third-order valence-corrected chi connectivity index (χ3v) is 4.61. The molecule has 0 amide bonds. The van der Waals surface area contributed by atoms with Crippen molar-refractivity contribution in [3.05, 3.63) is 35.9 Å². The first-order valence-corrected chi connectivity index (χ1v) is 9.23. The number of ether oxygens (including phenoxy) is 2. The highest BCUT2D eigenvalue weighted by molar-refractivity contribution is 5.72. The summed E-state index contributed by atoms with van der Waals surface area (Å²) in [5.41, 5.74) is 0.821. The average Bonchev–Trinajstić information content (AvgIpc) is 3.19. The topological polar surface area (TPSA) is 96.8 Å². The number of carboxylic acid groups (broad SMARTS) is 1. The molecule has 1 unspecified atom stereocenters. The summed E-state index contributed by atoms with van der Waals surface area (Å²) >= 11 is 0. The minimum atomic E-state index is -4.72. The maximum Gasteiger partial charge on any atom is 0.573 e. The molecular formula is C19H21F3N4O4. The molecular weight excluding hydrogens is 405 g/mol. The Morgan fingerprint density at radius 1 is 1.30 bits per heavy atom. The summed E-state index contributed by atoms with van der Waals surface area (Å²) in [5.74, 6) is -0.459. The van der Waals surface area contributed by atoms with Gasteiger partial charge in [-0.05, 0) is 30.5 Å². The predicted octanol–water partition coefficient (Wildman–Crippen LogP) is 2.95. The van der Waals surface area contributed by atoms with Gasteiger partial charge in [-0.3, -0.25) is 4.79 Å². The molecule has 1 fully saturated rings. The van der Waals surface area contributed by atoms with E-state index >= 15 is 0 Å². The number of carbonyl (C=O) groups is 1. The summed E-state index contributed by atoms with van der Waals surface area (Å²) in [5, 5.41) is 12.3. The van der Waals surface area contributed by atoms with E-state index in [1.807, 2.05) is 4.90 Å². The molecule has 2 N–H and O–H groups in total. The summed E-state index contributed by atoms with van der Waals surface area (Å²) in [6.07, 6.45) is -3.64. The van der Waals surface area contributed by atoms with Crippen LogP contribution in [0, 0.1) is 5.92 Å². The minimum Gasteiger partial charge on any atom is -0.481 e. The Balaban J connectivity index is 1.59. The average molecular weight is 426 g/mol. The zero-order valence-corrected chi connectivity index (χ0v) is 16.1. The highest BCUT2D eigenvalue weighted by atomic mass is 19.4. The molecule has 1 aliphatic rings. The van der Waals surface area contributed by atoms with E-state index in [0.717, 1.165) is 5.56 Å². The van der Waals surface area contributed by atoms with Crippen LogP contribution in [0.4, 0.5) is 24.8 Å². The summed E-state index contributed by atoms with van der Waals surface area (Å²) in [7, 11) is 1.44. The molecule has 0 bridgehead atoms. The normalized spacial score (nSPS) is 16.4. The smallest absolute Gasteiger partial charge is 0.481 e. The van der Waals surface area contributed by atoms with Gasteiger partial charge in [0.1, 0.15) is 17.4 Å². The van der Waals surface area contributed by atoms with Gasteiger partial charge in [0.25, 0.3) is 0 Å². The lowest BCUT2D eigenvalue weighted by Gasteiger charge is -2.18. The molecule has 162 valence electrons. The number of carboxylic acids is 1. The quantitative estimate of drug-likeness (QED) is 0.665. The van der Waals surface area contributed by atoms with Gasteiger partial charge in [0, 0.05) is 25.7 Å². The lowest BCUT2D eigenvalue weighted by Crippen LogP contribution is -2.24. The van der Waals surface area contributed by atoms with E-state index in [4.69, 9.17) is 4.74 Å². The Bertz CT molecular complexity index is 877. The Hall–Kier alpha value is -3.24. The molecule has 2 heterocycles. The Morgan fingerprint density at radius 3 is 2.63 bits per heavy atom. The van der Waals surface area contributed by atoms with E-state index in [1.54, 1.807) is 18.2 Å². The number of nitrogens with zero attached hydrogens (tertiary/aromatic N) is 3. The zero-order chi connectivity index (χ0) is 21.7. The minimum absolute atomic E-state index is 0.155. The second-order valence-electron chi connectivity index (χ2n) is 6.74. The van der Waals surface area contributed by atoms with Crippen molar-refractivity contribution in [2.24, 2.45) is 5.92 Å². The molecule has 0 saturated carbocycles. The number of nitrogens with one attached hydrogen (secondary N) is 1. The van der Waals surface area contributed by atoms with Crippen LogP contribution in [-0.4, -0.2) is 54.2 Å². The fourth-order valence-corrected chi connectivity index (χ4v) is 3.12. The van der Waals surface area contributed by atoms with E-state index in [-0.39, 0.29) is 11.8 Å². The second-order valence-corrected chi connectivity index (χ2v) is 6.74. The SMILES string of the molecule is COc1nc(NCCc2ccc(OC(F)(F)F)cc2)cc(N2CCC(C(=O)O)C2)n1. The molecule has 11 heteroatoms. The van der Waals surface area contributed by atoms with Gasteiger partial charge in [0.05, 0.1) is 13.0 Å². The van der Waals surface area contributed by atoms with Crippen molar-refractivity contribution in [2.45, 2.75) is 19.2 Å². The molecule has 3 rings (SSSR count). The van der Waals surface area contributed by atoms with E-state index in [9.17, 15) is 23.1 Å². The number of benzene rings is 1. The largest absolute Gasteiger partial charge is 0.573 e. The molecule has 1 aliphatic heterocycles. The zero-order valence-electron chi connectivity index (χ0n) is 16.1. The molecule has 0 aliphatic carbocycles. The van der Waals surface area contributed by atoms with Crippen molar-refractivity contribution < 1.29 is 32.5 Å². The van der Waals surface area contributed by atoms with Gasteiger partial charge in [-0.2, -0.15) is 9.97 Å². The first-order valence-electron chi connectivity index (χ1n) is 9.23.